The second-order valence-corrected chi connectivity index (χ2v) is 6.32. The van der Waals surface area contributed by atoms with E-state index in [4.69, 9.17) is 4.42 Å². The summed E-state index contributed by atoms with van der Waals surface area (Å²) in [5, 5.41) is 10.3. The Labute approximate surface area is 165 Å². The minimum absolute atomic E-state index is 0.273. The molecule has 0 unspecified atom stereocenters. The molecule has 0 fully saturated rings. The second-order valence-electron chi connectivity index (χ2n) is 6.32. The summed E-state index contributed by atoms with van der Waals surface area (Å²) in [6.07, 6.45) is 1.21. The SMILES string of the molecule is Cc1c(NC(=O)c2c(F)cccc2F)ccc(-c2ccccc2)c1-c1nnco1. The molecule has 7 heteroatoms. The van der Waals surface area contributed by atoms with Gasteiger partial charge in [-0.05, 0) is 41.8 Å². The van der Waals surface area contributed by atoms with E-state index in [1.54, 1.807) is 19.1 Å². The first-order valence-corrected chi connectivity index (χ1v) is 8.77. The Morgan fingerprint density at radius 3 is 2.34 bits per heavy atom. The van der Waals surface area contributed by atoms with Gasteiger partial charge in [0.15, 0.2) is 0 Å². The number of aromatic nitrogens is 2. The largest absolute Gasteiger partial charge is 0.423 e. The van der Waals surface area contributed by atoms with Crippen molar-refractivity contribution < 1.29 is 18.0 Å². The van der Waals surface area contributed by atoms with Gasteiger partial charge in [0, 0.05) is 5.69 Å². The third kappa shape index (κ3) is 3.50. The van der Waals surface area contributed by atoms with Crippen LogP contribution in [0.1, 0.15) is 15.9 Å². The molecule has 3 aromatic carbocycles. The summed E-state index contributed by atoms with van der Waals surface area (Å²) >= 11 is 0. The van der Waals surface area contributed by atoms with Crippen molar-refractivity contribution in [3.63, 3.8) is 0 Å². The predicted octanol–water partition coefficient (Wildman–Crippen LogP) is 5.24. The van der Waals surface area contributed by atoms with E-state index in [0.29, 0.717) is 16.8 Å². The highest BCUT2D eigenvalue weighted by atomic mass is 19.1. The fourth-order valence-electron chi connectivity index (χ4n) is 3.16. The Balaban J connectivity index is 1.80. The Morgan fingerprint density at radius 2 is 1.69 bits per heavy atom. The van der Waals surface area contributed by atoms with Crippen molar-refractivity contribution in [1.82, 2.24) is 10.2 Å². The summed E-state index contributed by atoms with van der Waals surface area (Å²) in [4.78, 5) is 12.5. The summed E-state index contributed by atoms with van der Waals surface area (Å²) in [5.74, 6) is -2.47. The van der Waals surface area contributed by atoms with Crippen molar-refractivity contribution in [3.8, 4) is 22.6 Å². The van der Waals surface area contributed by atoms with Crippen LogP contribution in [0.4, 0.5) is 14.5 Å². The lowest BCUT2D eigenvalue weighted by molar-refractivity contribution is 0.101. The molecule has 4 rings (SSSR count). The van der Waals surface area contributed by atoms with Gasteiger partial charge in [0.05, 0.1) is 5.56 Å². The molecular weight excluding hydrogens is 376 g/mol. The normalized spacial score (nSPS) is 10.7. The number of hydrogen-bond donors (Lipinski definition) is 1. The molecule has 1 aromatic heterocycles. The highest BCUT2D eigenvalue weighted by molar-refractivity contribution is 6.06. The van der Waals surface area contributed by atoms with Gasteiger partial charge in [-0.1, -0.05) is 42.5 Å². The zero-order chi connectivity index (χ0) is 20.4. The fourth-order valence-corrected chi connectivity index (χ4v) is 3.16. The Bertz CT molecular complexity index is 1160. The van der Waals surface area contributed by atoms with E-state index in [2.05, 4.69) is 15.5 Å². The van der Waals surface area contributed by atoms with Crippen molar-refractivity contribution in [2.45, 2.75) is 6.92 Å². The Kier molecular flexibility index (Phi) is 4.87. The van der Waals surface area contributed by atoms with Crippen LogP contribution in [0.15, 0.2) is 71.5 Å². The molecule has 144 valence electrons. The smallest absolute Gasteiger partial charge is 0.261 e. The zero-order valence-electron chi connectivity index (χ0n) is 15.3. The molecule has 0 aliphatic carbocycles. The maximum absolute atomic E-state index is 14.0. The highest BCUT2D eigenvalue weighted by Gasteiger charge is 2.21. The van der Waals surface area contributed by atoms with Gasteiger partial charge in [0.25, 0.3) is 5.91 Å². The van der Waals surface area contributed by atoms with Crippen molar-refractivity contribution in [2.75, 3.05) is 5.32 Å². The lowest BCUT2D eigenvalue weighted by atomic mass is 9.94. The third-order valence-corrected chi connectivity index (χ3v) is 4.56. The maximum atomic E-state index is 14.0. The Morgan fingerprint density at radius 1 is 0.966 bits per heavy atom. The van der Waals surface area contributed by atoms with E-state index in [9.17, 15) is 13.6 Å². The molecule has 0 atom stereocenters. The summed E-state index contributed by atoms with van der Waals surface area (Å²) in [6.45, 7) is 1.76. The van der Waals surface area contributed by atoms with E-state index in [1.807, 2.05) is 30.3 Å². The summed E-state index contributed by atoms with van der Waals surface area (Å²) in [7, 11) is 0. The molecule has 0 saturated carbocycles. The first-order valence-electron chi connectivity index (χ1n) is 8.77. The summed E-state index contributed by atoms with van der Waals surface area (Å²) in [5.41, 5.74) is 2.73. The monoisotopic (exact) mass is 391 g/mol. The first kappa shape index (κ1) is 18.5. The van der Waals surface area contributed by atoms with Crippen LogP contribution in [0.3, 0.4) is 0 Å². The number of hydrogen-bond acceptors (Lipinski definition) is 4. The van der Waals surface area contributed by atoms with Gasteiger partial charge in [-0.15, -0.1) is 10.2 Å². The molecule has 0 saturated heterocycles. The molecule has 0 aliphatic heterocycles. The number of amides is 1. The van der Waals surface area contributed by atoms with Crippen LogP contribution in [0.5, 0.6) is 0 Å². The van der Waals surface area contributed by atoms with E-state index >= 15 is 0 Å². The third-order valence-electron chi connectivity index (χ3n) is 4.56. The maximum Gasteiger partial charge on any atom is 0.261 e. The standard InChI is InChI=1S/C22H15F2N3O2/c1-13-18(26-21(28)20-16(23)8-5-9-17(20)24)11-10-15(14-6-3-2-4-7-14)19(13)22-27-25-12-29-22/h2-12H,1H3,(H,26,28). The van der Waals surface area contributed by atoms with Crippen LogP contribution in [-0.4, -0.2) is 16.1 Å². The Hall–Kier alpha value is -3.87. The van der Waals surface area contributed by atoms with Gasteiger partial charge in [-0.25, -0.2) is 8.78 Å². The molecule has 1 amide bonds. The van der Waals surface area contributed by atoms with Gasteiger partial charge in [-0.2, -0.15) is 0 Å². The zero-order valence-corrected chi connectivity index (χ0v) is 15.3. The molecule has 4 aromatic rings. The number of nitrogens with zero attached hydrogens (tertiary/aromatic N) is 2. The molecule has 1 N–H and O–H groups in total. The lowest BCUT2D eigenvalue weighted by Gasteiger charge is -2.15. The quantitative estimate of drug-likeness (QED) is 0.516. The summed E-state index contributed by atoms with van der Waals surface area (Å²) < 4.78 is 33.3. The minimum Gasteiger partial charge on any atom is -0.423 e. The van der Waals surface area contributed by atoms with Gasteiger partial charge in [0.1, 0.15) is 17.2 Å². The van der Waals surface area contributed by atoms with Gasteiger partial charge < -0.3 is 9.73 Å². The highest BCUT2D eigenvalue weighted by Crippen LogP contribution is 2.37. The van der Waals surface area contributed by atoms with Crippen molar-refractivity contribution in [2.24, 2.45) is 0 Å². The topological polar surface area (TPSA) is 68.0 Å². The van der Waals surface area contributed by atoms with E-state index in [0.717, 1.165) is 23.3 Å². The molecule has 0 bridgehead atoms. The molecule has 1 heterocycles. The number of carbonyl (C=O) groups is 1. The molecular formula is C22H15F2N3O2. The summed E-state index contributed by atoms with van der Waals surface area (Å²) in [6, 6.07) is 16.3. The van der Waals surface area contributed by atoms with E-state index < -0.39 is 23.1 Å². The van der Waals surface area contributed by atoms with Crippen LogP contribution in [0, 0.1) is 18.6 Å². The molecule has 0 spiro atoms. The molecule has 0 aliphatic rings. The minimum atomic E-state index is -0.932. The van der Waals surface area contributed by atoms with Crippen LogP contribution < -0.4 is 5.32 Å². The number of rotatable bonds is 4. The van der Waals surface area contributed by atoms with Crippen molar-refractivity contribution in [3.05, 3.63) is 89.8 Å². The molecule has 29 heavy (non-hydrogen) atoms. The number of carbonyl (C=O) groups excluding carboxylic acids is 1. The number of halogens is 2. The first-order chi connectivity index (χ1) is 14.1. The molecule has 0 radical (unpaired) electrons. The van der Waals surface area contributed by atoms with Crippen LogP contribution >= 0.6 is 0 Å². The fraction of sp³-hybridized carbons (Fsp3) is 0.0455. The van der Waals surface area contributed by atoms with Crippen molar-refractivity contribution in [1.29, 1.82) is 0 Å². The lowest BCUT2D eigenvalue weighted by Crippen LogP contribution is -2.16. The second kappa shape index (κ2) is 7.63. The van der Waals surface area contributed by atoms with Crippen LogP contribution in [-0.2, 0) is 0 Å². The van der Waals surface area contributed by atoms with Gasteiger partial charge in [-0.3, -0.25) is 4.79 Å². The van der Waals surface area contributed by atoms with Crippen molar-refractivity contribution >= 4 is 11.6 Å². The number of nitrogens with one attached hydrogen (secondary N) is 1. The number of anilines is 1. The van der Waals surface area contributed by atoms with Crippen LogP contribution in [0.2, 0.25) is 0 Å². The molecule has 5 nitrogen and oxygen atoms in total. The van der Waals surface area contributed by atoms with E-state index in [1.165, 1.54) is 12.5 Å². The van der Waals surface area contributed by atoms with Gasteiger partial charge >= 0.3 is 0 Å². The predicted molar refractivity (Wildman–Crippen MR) is 104 cm³/mol. The van der Waals surface area contributed by atoms with E-state index in [-0.39, 0.29) is 5.89 Å². The average Bonchev–Trinajstić information content (AvgIpc) is 3.24. The van der Waals surface area contributed by atoms with Gasteiger partial charge in [0.2, 0.25) is 12.3 Å². The van der Waals surface area contributed by atoms with Crippen LogP contribution in [0.25, 0.3) is 22.6 Å². The number of benzene rings is 3. The average molecular weight is 391 g/mol.